The summed E-state index contributed by atoms with van der Waals surface area (Å²) in [6, 6.07) is 8.59. The number of allylic oxidation sites excluding steroid dienone is 1. The number of aliphatic imine (C=N–C) groups is 1. The highest BCUT2D eigenvalue weighted by Gasteiger charge is 2.46. The van der Waals surface area contributed by atoms with Gasteiger partial charge < -0.3 is 9.47 Å². The lowest BCUT2D eigenvalue weighted by Gasteiger charge is -2.35. The normalized spacial score (nSPS) is 18.7. The number of hydrogen-bond donors (Lipinski definition) is 0. The van der Waals surface area contributed by atoms with E-state index in [1.54, 1.807) is 30.3 Å². The van der Waals surface area contributed by atoms with Crippen LogP contribution < -0.4 is 9.64 Å². The van der Waals surface area contributed by atoms with Crippen LogP contribution in [-0.2, 0) is 4.74 Å². The van der Waals surface area contributed by atoms with E-state index in [9.17, 15) is 13.2 Å². The largest absolute Gasteiger partial charge is 0.495 e. The van der Waals surface area contributed by atoms with Crippen LogP contribution in [0.25, 0.3) is 0 Å². The Bertz CT molecular complexity index is 1160. The van der Waals surface area contributed by atoms with Crippen molar-refractivity contribution >= 4 is 34.7 Å². The summed E-state index contributed by atoms with van der Waals surface area (Å²) in [5.74, 6) is 0.520. The van der Waals surface area contributed by atoms with Crippen LogP contribution in [0.1, 0.15) is 49.5 Å². The molecule has 0 radical (unpaired) electrons. The fourth-order valence-corrected chi connectivity index (χ4v) is 4.87. The van der Waals surface area contributed by atoms with Crippen LogP contribution >= 0.6 is 23.2 Å². The lowest BCUT2D eigenvalue weighted by molar-refractivity contribution is -0.0933. The standard InChI is InChI=1S/C24H23Cl2F3N2O2/c1-12(2)16-8-14(25)9-17-21(16)31-19(30-10-13(3)23(31)24(27,28)29)11-33-22(17)15-6-5-7-18(32-4)20(15)26/h5-9,12,22H,10-11H2,1-4H3/t22-/m1/s1. The zero-order chi connectivity index (χ0) is 24.1. The van der Waals surface area contributed by atoms with E-state index in [1.807, 2.05) is 13.8 Å². The molecular weight excluding hydrogens is 476 g/mol. The Morgan fingerprint density at radius 2 is 1.91 bits per heavy atom. The van der Waals surface area contributed by atoms with Gasteiger partial charge in [0.2, 0.25) is 0 Å². The molecule has 2 aliphatic heterocycles. The molecule has 1 atom stereocenters. The molecule has 9 heteroatoms. The third-order valence-electron chi connectivity index (χ3n) is 5.79. The van der Waals surface area contributed by atoms with Crippen molar-refractivity contribution < 1.29 is 22.6 Å². The number of fused-ring (bicyclic) bond motifs is 3. The molecule has 2 aromatic rings. The van der Waals surface area contributed by atoms with Crippen LogP contribution in [0, 0.1) is 0 Å². The highest BCUT2D eigenvalue weighted by molar-refractivity contribution is 6.33. The van der Waals surface area contributed by atoms with Crippen molar-refractivity contribution in [2.45, 2.75) is 39.0 Å². The number of amidine groups is 1. The molecule has 0 spiro atoms. The second-order valence-electron chi connectivity index (χ2n) is 8.34. The number of benzene rings is 2. The minimum Gasteiger partial charge on any atom is -0.495 e. The van der Waals surface area contributed by atoms with Gasteiger partial charge in [0.25, 0.3) is 0 Å². The van der Waals surface area contributed by atoms with E-state index < -0.39 is 18.0 Å². The van der Waals surface area contributed by atoms with Crippen molar-refractivity contribution in [2.75, 3.05) is 25.2 Å². The van der Waals surface area contributed by atoms with Gasteiger partial charge in [-0.15, -0.1) is 0 Å². The Kier molecular flexibility index (Phi) is 6.42. The molecule has 0 amide bonds. The van der Waals surface area contributed by atoms with Gasteiger partial charge in [-0.05, 0) is 42.2 Å². The number of ether oxygens (including phenoxy) is 2. The first-order valence-corrected chi connectivity index (χ1v) is 11.2. The van der Waals surface area contributed by atoms with E-state index in [2.05, 4.69) is 4.99 Å². The van der Waals surface area contributed by atoms with Crippen LogP contribution in [0.2, 0.25) is 10.0 Å². The molecule has 33 heavy (non-hydrogen) atoms. The molecule has 0 saturated heterocycles. The molecular formula is C24H23Cl2F3N2O2. The average Bonchev–Trinajstić information content (AvgIpc) is 2.89. The summed E-state index contributed by atoms with van der Waals surface area (Å²) < 4.78 is 54.5. The summed E-state index contributed by atoms with van der Waals surface area (Å²) in [5, 5.41) is 0.725. The molecule has 0 saturated carbocycles. The Morgan fingerprint density at radius 1 is 1.18 bits per heavy atom. The molecule has 0 fully saturated rings. The first-order valence-electron chi connectivity index (χ1n) is 10.4. The molecule has 4 rings (SSSR count). The maximum Gasteiger partial charge on any atom is 0.431 e. The molecule has 2 aromatic carbocycles. The van der Waals surface area contributed by atoms with Gasteiger partial charge in [-0.25, -0.2) is 0 Å². The number of rotatable bonds is 3. The van der Waals surface area contributed by atoms with Crippen molar-refractivity contribution in [2.24, 2.45) is 4.99 Å². The number of methoxy groups -OCH3 is 1. The lowest BCUT2D eigenvalue weighted by Crippen LogP contribution is -2.42. The van der Waals surface area contributed by atoms with Gasteiger partial charge in [0.1, 0.15) is 30.0 Å². The quantitative estimate of drug-likeness (QED) is 0.445. The summed E-state index contributed by atoms with van der Waals surface area (Å²) in [6.07, 6.45) is -5.36. The number of anilines is 1. The van der Waals surface area contributed by atoms with Gasteiger partial charge in [0.05, 0.1) is 24.4 Å². The second kappa shape index (κ2) is 8.85. The van der Waals surface area contributed by atoms with Crippen molar-refractivity contribution in [3.63, 3.8) is 0 Å². The van der Waals surface area contributed by atoms with Crippen molar-refractivity contribution in [3.8, 4) is 5.75 Å². The van der Waals surface area contributed by atoms with E-state index in [4.69, 9.17) is 32.7 Å². The predicted molar refractivity (Wildman–Crippen MR) is 125 cm³/mol. The van der Waals surface area contributed by atoms with Crippen molar-refractivity contribution in [3.05, 3.63) is 68.3 Å². The van der Waals surface area contributed by atoms with Gasteiger partial charge in [0.15, 0.2) is 0 Å². The summed E-state index contributed by atoms with van der Waals surface area (Å²) in [7, 11) is 1.50. The fourth-order valence-electron chi connectivity index (χ4n) is 4.33. The maximum absolute atomic E-state index is 14.3. The van der Waals surface area contributed by atoms with Gasteiger partial charge in [-0.2, -0.15) is 13.2 Å². The average molecular weight is 499 g/mol. The highest BCUT2D eigenvalue weighted by Crippen LogP contribution is 2.49. The van der Waals surface area contributed by atoms with E-state index in [-0.39, 0.29) is 30.5 Å². The summed E-state index contributed by atoms with van der Waals surface area (Å²) in [4.78, 5) is 5.63. The molecule has 2 heterocycles. The Labute approximate surface area is 200 Å². The fraction of sp³-hybridized carbons (Fsp3) is 0.375. The monoisotopic (exact) mass is 498 g/mol. The Morgan fingerprint density at radius 3 is 2.55 bits per heavy atom. The summed E-state index contributed by atoms with van der Waals surface area (Å²) >= 11 is 13.1. The molecule has 4 nitrogen and oxygen atoms in total. The van der Waals surface area contributed by atoms with Crippen LogP contribution in [0.4, 0.5) is 18.9 Å². The zero-order valence-corrected chi connectivity index (χ0v) is 20.1. The van der Waals surface area contributed by atoms with Crippen LogP contribution in [0.5, 0.6) is 5.75 Å². The Balaban J connectivity index is 2.06. The van der Waals surface area contributed by atoms with Gasteiger partial charge in [0, 0.05) is 16.1 Å². The molecule has 0 N–H and O–H groups in total. The molecule has 176 valence electrons. The minimum atomic E-state index is -4.58. The van der Waals surface area contributed by atoms with Crippen LogP contribution in [0.15, 0.2) is 46.6 Å². The summed E-state index contributed by atoms with van der Waals surface area (Å²) in [5.41, 5.74) is 1.50. The van der Waals surface area contributed by atoms with Gasteiger partial charge in [-0.1, -0.05) is 49.2 Å². The predicted octanol–water partition coefficient (Wildman–Crippen LogP) is 7.30. The maximum atomic E-state index is 14.3. The number of alkyl halides is 3. The topological polar surface area (TPSA) is 34.1 Å². The minimum absolute atomic E-state index is 0.0471. The second-order valence-corrected chi connectivity index (χ2v) is 9.15. The molecule has 0 aromatic heterocycles. The molecule has 2 aliphatic rings. The smallest absolute Gasteiger partial charge is 0.431 e. The lowest BCUT2D eigenvalue weighted by atomic mass is 9.91. The zero-order valence-electron chi connectivity index (χ0n) is 18.6. The number of halogens is 5. The summed E-state index contributed by atoms with van der Waals surface area (Å²) in [6.45, 7) is 5.10. The van der Waals surface area contributed by atoms with Crippen LogP contribution in [0.3, 0.4) is 0 Å². The van der Waals surface area contributed by atoms with Crippen LogP contribution in [-0.4, -0.2) is 32.3 Å². The molecule has 0 bridgehead atoms. The van der Waals surface area contributed by atoms with Crippen molar-refractivity contribution in [1.82, 2.24) is 0 Å². The van der Waals surface area contributed by atoms with Gasteiger partial charge >= 0.3 is 6.18 Å². The first kappa shape index (κ1) is 23.9. The molecule has 0 unspecified atom stereocenters. The van der Waals surface area contributed by atoms with Crippen molar-refractivity contribution in [1.29, 1.82) is 0 Å². The van der Waals surface area contributed by atoms with Gasteiger partial charge in [-0.3, -0.25) is 9.89 Å². The Hall–Kier alpha value is -2.22. The van der Waals surface area contributed by atoms with E-state index in [0.29, 0.717) is 38.2 Å². The first-order chi connectivity index (χ1) is 15.5. The third-order valence-corrected chi connectivity index (χ3v) is 6.41. The van der Waals surface area contributed by atoms with E-state index >= 15 is 0 Å². The van der Waals surface area contributed by atoms with E-state index in [0.717, 1.165) is 0 Å². The molecule has 0 aliphatic carbocycles. The number of hydrogen-bond acceptors (Lipinski definition) is 4. The van der Waals surface area contributed by atoms with E-state index in [1.165, 1.54) is 18.9 Å². The SMILES string of the molecule is COc1cccc([C@H]2OCC3=NCC(C)=C(C(F)(F)F)N3c3c(C(C)C)cc(Cl)cc32)c1Cl. The third kappa shape index (κ3) is 4.22. The number of nitrogens with zero attached hydrogens (tertiary/aromatic N) is 2. The highest BCUT2D eigenvalue weighted by atomic mass is 35.5.